The first kappa shape index (κ1) is 20.2. The maximum atomic E-state index is 12.5. The highest BCUT2D eigenvalue weighted by molar-refractivity contribution is 6.34. The number of nitrogens with zero attached hydrogens (tertiary/aromatic N) is 3. The first-order valence-corrected chi connectivity index (χ1v) is 10.3. The molecule has 8 heteroatoms. The van der Waals surface area contributed by atoms with Gasteiger partial charge in [-0.15, -0.1) is 0 Å². The molecule has 1 saturated heterocycles. The number of aliphatic hydroxyl groups excluding tert-OH is 1. The van der Waals surface area contributed by atoms with Crippen molar-refractivity contribution in [1.29, 1.82) is 0 Å². The van der Waals surface area contributed by atoms with Gasteiger partial charge < -0.3 is 15.2 Å². The fourth-order valence-electron chi connectivity index (χ4n) is 3.75. The van der Waals surface area contributed by atoms with E-state index in [-0.39, 0.29) is 17.3 Å². The molecule has 2 N–H and O–H groups in total. The molecule has 0 spiro atoms. The number of halogens is 1. The Bertz CT molecular complexity index is 875. The van der Waals surface area contributed by atoms with Gasteiger partial charge in [0, 0.05) is 32.1 Å². The highest BCUT2D eigenvalue weighted by atomic mass is 35.5. The van der Waals surface area contributed by atoms with Crippen LogP contribution in [0, 0.1) is 5.92 Å². The van der Waals surface area contributed by atoms with Crippen LogP contribution in [0.1, 0.15) is 27.3 Å². The van der Waals surface area contributed by atoms with E-state index < -0.39 is 12.0 Å². The number of rotatable bonds is 7. The molecule has 154 valence electrons. The highest BCUT2D eigenvalue weighted by Gasteiger charge is 2.24. The third-order valence-corrected chi connectivity index (χ3v) is 5.84. The lowest BCUT2D eigenvalue weighted by Crippen LogP contribution is -2.42. The molecule has 7 nitrogen and oxygen atoms in total. The molecular weight excluding hydrogens is 392 g/mol. The van der Waals surface area contributed by atoms with Gasteiger partial charge in [0.25, 0.3) is 5.91 Å². The predicted molar refractivity (Wildman–Crippen MR) is 109 cm³/mol. The number of ether oxygens (including phenoxy) is 1. The number of aromatic nitrogens is 2. The standard InChI is InChI=1S/C21H25ClN4O3/c22-19-18(7-14-11-29-12-14)24-13-25-20(19)21(28)23-8-17(27)10-26-6-5-15-3-1-2-4-16(15)9-26/h1-4,13-14,17,27H,5-12H2,(H,23,28)/t17-/m0/s1. The lowest BCUT2D eigenvalue weighted by molar-refractivity contribution is -0.0316. The summed E-state index contributed by atoms with van der Waals surface area (Å²) < 4.78 is 5.17. The Kier molecular flexibility index (Phi) is 6.40. The summed E-state index contributed by atoms with van der Waals surface area (Å²) >= 11 is 6.35. The summed E-state index contributed by atoms with van der Waals surface area (Å²) in [5.74, 6) is -0.0126. The topological polar surface area (TPSA) is 87.6 Å². The minimum atomic E-state index is -0.670. The molecule has 0 bridgehead atoms. The Morgan fingerprint density at radius 2 is 2.10 bits per heavy atom. The molecule has 0 unspecified atom stereocenters. The summed E-state index contributed by atoms with van der Waals surface area (Å²) in [4.78, 5) is 22.9. The quantitative estimate of drug-likeness (QED) is 0.710. The zero-order chi connectivity index (χ0) is 20.2. The molecule has 0 radical (unpaired) electrons. The number of benzene rings is 1. The molecule has 1 amide bonds. The van der Waals surface area contributed by atoms with E-state index in [1.165, 1.54) is 17.5 Å². The number of β-amino-alcohol motifs (C(OH)–C–C–N with tert-alkyl or cyclic N) is 1. The number of hydrogen-bond donors (Lipinski definition) is 2. The van der Waals surface area contributed by atoms with Crippen LogP contribution in [0.15, 0.2) is 30.6 Å². The third kappa shape index (κ3) is 4.93. The largest absolute Gasteiger partial charge is 0.390 e. The molecule has 2 aromatic rings. The van der Waals surface area contributed by atoms with Gasteiger partial charge in [-0.25, -0.2) is 9.97 Å². The number of fused-ring (bicyclic) bond motifs is 1. The average molecular weight is 417 g/mol. The molecule has 1 fully saturated rings. The van der Waals surface area contributed by atoms with Gasteiger partial charge in [0.2, 0.25) is 0 Å². The van der Waals surface area contributed by atoms with Crippen molar-refractivity contribution in [3.63, 3.8) is 0 Å². The minimum absolute atomic E-state index is 0.142. The number of hydrogen-bond acceptors (Lipinski definition) is 6. The molecule has 4 rings (SSSR count). The van der Waals surface area contributed by atoms with Gasteiger partial charge in [-0.2, -0.15) is 0 Å². The van der Waals surface area contributed by atoms with E-state index in [0.717, 1.165) is 19.5 Å². The van der Waals surface area contributed by atoms with E-state index in [1.807, 2.05) is 6.07 Å². The van der Waals surface area contributed by atoms with Gasteiger partial charge >= 0.3 is 0 Å². The Morgan fingerprint density at radius 1 is 1.31 bits per heavy atom. The molecule has 1 aromatic heterocycles. The molecule has 2 aliphatic heterocycles. The molecule has 3 heterocycles. The van der Waals surface area contributed by atoms with E-state index in [4.69, 9.17) is 16.3 Å². The monoisotopic (exact) mass is 416 g/mol. The van der Waals surface area contributed by atoms with E-state index in [1.54, 1.807) is 0 Å². The van der Waals surface area contributed by atoms with Gasteiger partial charge in [0.1, 0.15) is 12.0 Å². The molecule has 1 aromatic carbocycles. The van der Waals surface area contributed by atoms with Crippen molar-refractivity contribution in [2.45, 2.75) is 25.5 Å². The Hall–Kier alpha value is -2.06. The summed E-state index contributed by atoms with van der Waals surface area (Å²) in [6.45, 7) is 3.73. The molecule has 0 aliphatic carbocycles. The van der Waals surface area contributed by atoms with E-state index in [2.05, 4.69) is 38.4 Å². The first-order chi connectivity index (χ1) is 14.1. The molecule has 0 saturated carbocycles. The smallest absolute Gasteiger partial charge is 0.271 e. The Labute approximate surface area is 175 Å². The zero-order valence-electron chi connectivity index (χ0n) is 16.2. The van der Waals surface area contributed by atoms with E-state index in [0.29, 0.717) is 37.8 Å². The fourth-order valence-corrected chi connectivity index (χ4v) is 4.01. The molecule has 1 atom stereocenters. The van der Waals surface area contributed by atoms with Crippen LogP contribution < -0.4 is 5.32 Å². The van der Waals surface area contributed by atoms with Crippen LogP contribution in [0.25, 0.3) is 0 Å². The molecular formula is C21H25ClN4O3. The van der Waals surface area contributed by atoms with Crippen molar-refractivity contribution in [3.05, 3.63) is 58.1 Å². The molecule has 2 aliphatic rings. The van der Waals surface area contributed by atoms with Gasteiger partial charge in [-0.1, -0.05) is 35.9 Å². The minimum Gasteiger partial charge on any atom is -0.390 e. The second-order valence-electron chi connectivity index (χ2n) is 7.71. The van der Waals surface area contributed by atoms with Crippen molar-refractivity contribution in [2.75, 3.05) is 32.8 Å². The second-order valence-corrected chi connectivity index (χ2v) is 8.09. The lowest BCUT2D eigenvalue weighted by Gasteiger charge is -2.30. The van der Waals surface area contributed by atoms with Crippen molar-refractivity contribution in [1.82, 2.24) is 20.2 Å². The Morgan fingerprint density at radius 3 is 2.86 bits per heavy atom. The van der Waals surface area contributed by atoms with Crippen molar-refractivity contribution < 1.29 is 14.6 Å². The van der Waals surface area contributed by atoms with Crippen LogP contribution in [-0.4, -0.2) is 64.8 Å². The van der Waals surface area contributed by atoms with Crippen LogP contribution in [0.3, 0.4) is 0 Å². The highest BCUT2D eigenvalue weighted by Crippen LogP contribution is 2.23. The van der Waals surface area contributed by atoms with Gasteiger partial charge in [0.15, 0.2) is 0 Å². The van der Waals surface area contributed by atoms with Crippen LogP contribution in [0.4, 0.5) is 0 Å². The van der Waals surface area contributed by atoms with Crippen LogP contribution in [0.2, 0.25) is 5.02 Å². The maximum absolute atomic E-state index is 12.5. The van der Waals surface area contributed by atoms with E-state index in [9.17, 15) is 9.90 Å². The summed E-state index contributed by atoms with van der Waals surface area (Å²) in [5.41, 5.74) is 3.48. The first-order valence-electron chi connectivity index (χ1n) is 9.92. The van der Waals surface area contributed by atoms with Gasteiger partial charge in [-0.3, -0.25) is 9.69 Å². The summed E-state index contributed by atoms with van der Waals surface area (Å²) in [7, 11) is 0. The predicted octanol–water partition coefficient (Wildman–Crippen LogP) is 1.47. The number of nitrogens with one attached hydrogen (secondary N) is 1. The number of aliphatic hydroxyl groups is 1. The van der Waals surface area contributed by atoms with Crippen LogP contribution in [-0.2, 0) is 24.1 Å². The number of carbonyl (C=O) groups excluding carboxylic acids is 1. The van der Waals surface area contributed by atoms with Gasteiger partial charge in [-0.05, 0) is 24.0 Å². The lowest BCUT2D eigenvalue weighted by atomic mass is 10.00. The second kappa shape index (κ2) is 9.17. The fraction of sp³-hybridized carbons (Fsp3) is 0.476. The number of amides is 1. The molecule has 29 heavy (non-hydrogen) atoms. The van der Waals surface area contributed by atoms with Crippen molar-refractivity contribution >= 4 is 17.5 Å². The Balaban J connectivity index is 1.29. The average Bonchev–Trinajstić information content (AvgIpc) is 2.70. The summed E-state index contributed by atoms with van der Waals surface area (Å²) in [5, 5.41) is 13.4. The van der Waals surface area contributed by atoms with E-state index >= 15 is 0 Å². The SMILES string of the molecule is O=C(NC[C@H](O)CN1CCc2ccccc2C1)c1ncnc(CC2COC2)c1Cl. The summed E-state index contributed by atoms with van der Waals surface area (Å²) in [6, 6.07) is 8.38. The van der Waals surface area contributed by atoms with Crippen molar-refractivity contribution in [3.8, 4) is 0 Å². The van der Waals surface area contributed by atoms with Crippen LogP contribution in [0.5, 0.6) is 0 Å². The summed E-state index contributed by atoms with van der Waals surface area (Å²) in [6.07, 6.45) is 2.33. The zero-order valence-corrected chi connectivity index (χ0v) is 16.9. The van der Waals surface area contributed by atoms with Crippen molar-refractivity contribution in [2.24, 2.45) is 5.92 Å². The normalized spacial score (nSPS) is 18.0. The maximum Gasteiger partial charge on any atom is 0.271 e. The number of carbonyl (C=O) groups is 1. The van der Waals surface area contributed by atoms with Crippen LogP contribution >= 0.6 is 11.6 Å². The third-order valence-electron chi connectivity index (χ3n) is 5.44. The van der Waals surface area contributed by atoms with Gasteiger partial charge in [0.05, 0.1) is 30.0 Å².